The largest absolute Gasteiger partial charge is 0.379 e. The van der Waals surface area contributed by atoms with E-state index in [1.807, 2.05) is 0 Å². The van der Waals surface area contributed by atoms with Gasteiger partial charge in [0.2, 0.25) is 0 Å². The first-order chi connectivity index (χ1) is 6.99. The molecule has 1 saturated carbocycles. The minimum absolute atomic E-state index is 0.0880. The van der Waals surface area contributed by atoms with Gasteiger partial charge in [0.15, 0.2) is 0 Å². The number of rotatable bonds is 2. The van der Waals surface area contributed by atoms with Crippen LogP contribution in [0.1, 0.15) is 33.1 Å². The van der Waals surface area contributed by atoms with E-state index in [-0.39, 0.29) is 5.54 Å². The van der Waals surface area contributed by atoms with E-state index in [9.17, 15) is 0 Å². The van der Waals surface area contributed by atoms with Crippen molar-refractivity contribution in [3.05, 3.63) is 0 Å². The molecule has 2 aliphatic rings. The molecule has 1 spiro atoms. The molecule has 2 rings (SSSR count). The first-order valence-corrected chi connectivity index (χ1v) is 6.08. The zero-order valence-corrected chi connectivity index (χ0v) is 10.1. The molecule has 0 bridgehead atoms. The lowest BCUT2D eigenvalue weighted by Gasteiger charge is -2.43. The van der Waals surface area contributed by atoms with E-state index in [1.165, 1.54) is 25.8 Å². The fraction of sp³-hybridized carbons (Fsp3) is 1.00. The Morgan fingerprint density at radius 2 is 2.13 bits per heavy atom. The van der Waals surface area contributed by atoms with Crippen molar-refractivity contribution < 1.29 is 4.74 Å². The lowest BCUT2D eigenvalue weighted by Crippen LogP contribution is -2.50. The maximum atomic E-state index is 6.08. The Hall–Kier alpha value is -0.120. The van der Waals surface area contributed by atoms with Crippen LogP contribution in [0.2, 0.25) is 0 Å². The average molecular weight is 212 g/mol. The van der Waals surface area contributed by atoms with Gasteiger partial charge >= 0.3 is 0 Å². The minimum atomic E-state index is -0.0880. The molecule has 0 aromatic rings. The van der Waals surface area contributed by atoms with Crippen LogP contribution in [0.3, 0.4) is 0 Å². The molecule has 2 fully saturated rings. The van der Waals surface area contributed by atoms with Gasteiger partial charge in [0.05, 0.1) is 13.2 Å². The van der Waals surface area contributed by atoms with Crippen LogP contribution in [-0.2, 0) is 4.74 Å². The second kappa shape index (κ2) is 4.04. The van der Waals surface area contributed by atoms with E-state index in [4.69, 9.17) is 10.5 Å². The lowest BCUT2D eigenvalue weighted by molar-refractivity contribution is 0.00898. The molecule has 88 valence electrons. The van der Waals surface area contributed by atoms with E-state index in [0.717, 1.165) is 26.3 Å². The van der Waals surface area contributed by atoms with Crippen molar-refractivity contribution in [2.75, 3.05) is 32.8 Å². The van der Waals surface area contributed by atoms with Gasteiger partial charge in [0.1, 0.15) is 0 Å². The Kier molecular flexibility index (Phi) is 3.06. The van der Waals surface area contributed by atoms with Crippen molar-refractivity contribution in [3.8, 4) is 0 Å². The molecule has 0 aromatic heterocycles. The highest BCUT2D eigenvalue weighted by Gasteiger charge is 2.40. The first-order valence-electron chi connectivity index (χ1n) is 6.08. The van der Waals surface area contributed by atoms with Crippen molar-refractivity contribution in [1.82, 2.24) is 4.90 Å². The highest BCUT2D eigenvalue weighted by molar-refractivity contribution is 4.93. The number of nitrogens with two attached hydrogens (primary N) is 1. The molecule has 1 saturated heterocycles. The first kappa shape index (κ1) is 11.4. The maximum absolute atomic E-state index is 6.08. The summed E-state index contributed by atoms with van der Waals surface area (Å²) < 4.78 is 5.71. The molecule has 3 nitrogen and oxygen atoms in total. The summed E-state index contributed by atoms with van der Waals surface area (Å²) in [6.07, 6.45) is 4.06. The lowest BCUT2D eigenvalue weighted by atomic mass is 9.69. The van der Waals surface area contributed by atoms with Crippen molar-refractivity contribution in [3.63, 3.8) is 0 Å². The second-order valence-corrected chi connectivity index (χ2v) is 6.11. The monoisotopic (exact) mass is 212 g/mol. The van der Waals surface area contributed by atoms with Gasteiger partial charge < -0.3 is 10.5 Å². The summed E-state index contributed by atoms with van der Waals surface area (Å²) in [5.41, 5.74) is 6.47. The number of nitrogens with zero attached hydrogens (tertiary/aromatic N) is 1. The molecule has 0 aromatic carbocycles. The van der Waals surface area contributed by atoms with Gasteiger partial charge in [-0.25, -0.2) is 0 Å². The van der Waals surface area contributed by atoms with Gasteiger partial charge in [-0.15, -0.1) is 0 Å². The summed E-state index contributed by atoms with van der Waals surface area (Å²) >= 11 is 0. The Morgan fingerprint density at radius 3 is 2.67 bits per heavy atom. The van der Waals surface area contributed by atoms with Crippen LogP contribution >= 0.6 is 0 Å². The molecule has 1 aliphatic carbocycles. The minimum Gasteiger partial charge on any atom is -0.379 e. The van der Waals surface area contributed by atoms with E-state index >= 15 is 0 Å². The van der Waals surface area contributed by atoms with Crippen LogP contribution in [0.15, 0.2) is 0 Å². The standard InChI is InChI=1S/C12H24N2O/c1-11(2,13)8-14-6-7-15-10-12(9-14)4-3-5-12/h3-10,13H2,1-2H3. The SMILES string of the molecule is CC(C)(N)CN1CCOCC2(CCC2)C1. The van der Waals surface area contributed by atoms with Gasteiger partial charge in [0.25, 0.3) is 0 Å². The summed E-state index contributed by atoms with van der Waals surface area (Å²) in [6, 6.07) is 0. The van der Waals surface area contributed by atoms with Gasteiger partial charge in [-0.2, -0.15) is 0 Å². The fourth-order valence-corrected chi connectivity index (χ4v) is 2.77. The predicted molar refractivity (Wildman–Crippen MR) is 61.8 cm³/mol. The van der Waals surface area contributed by atoms with Crippen molar-refractivity contribution >= 4 is 0 Å². The highest BCUT2D eigenvalue weighted by Crippen LogP contribution is 2.42. The summed E-state index contributed by atoms with van der Waals surface area (Å²) in [5.74, 6) is 0. The topological polar surface area (TPSA) is 38.5 Å². The third kappa shape index (κ3) is 2.92. The maximum Gasteiger partial charge on any atom is 0.0593 e. The number of ether oxygens (including phenoxy) is 1. The van der Waals surface area contributed by atoms with Gasteiger partial charge in [-0.1, -0.05) is 6.42 Å². The van der Waals surface area contributed by atoms with E-state index in [0.29, 0.717) is 5.41 Å². The summed E-state index contributed by atoms with van der Waals surface area (Å²) in [5, 5.41) is 0. The molecule has 2 N–H and O–H groups in total. The average Bonchev–Trinajstić information content (AvgIpc) is 2.22. The summed E-state index contributed by atoms with van der Waals surface area (Å²) in [7, 11) is 0. The third-order valence-corrected chi connectivity index (χ3v) is 3.56. The second-order valence-electron chi connectivity index (χ2n) is 6.11. The number of hydrogen-bond donors (Lipinski definition) is 1. The quantitative estimate of drug-likeness (QED) is 0.748. The molecular weight excluding hydrogens is 188 g/mol. The van der Waals surface area contributed by atoms with E-state index in [2.05, 4.69) is 18.7 Å². The Labute approximate surface area is 93.0 Å². The molecule has 1 aliphatic heterocycles. The fourth-order valence-electron chi connectivity index (χ4n) is 2.77. The Morgan fingerprint density at radius 1 is 1.40 bits per heavy atom. The number of hydrogen-bond acceptors (Lipinski definition) is 3. The van der Waals surface area contributed by atoms with Crippen molar-refractivity contribution in [2.45, 2.75) is 38.6 Å². The predicted octanol–water partition coefficient (Wildman–Crippen LogP) is 1.23. The molecule has 0 radical (unpaired) electrons. The van der Waals surface area contributed by atoms with Gasteiger partial charge in [-0.05, 0) is 26.7 Å². The summed E-state index contributed by atoms with van der Waals surface area (Å²) in [6.45, 7) is 9.26. The molecule has 0 atom stereocenters. The molecule has 0 amide bonds. The Bertz CT molecular complexity index is 218. The highest BCUT2D eigenvalue weighted by atomic mass is 16.5. The van der Waals surface area contributed by atoms with Crippen LogP contribution in [0, 0.1) is 5.41 Å². The van der Waals surface area contributed by atoms with Gasteiger partial charge in [0, 0.05) is 30.6 Å². The molecule has 1 heterocycles. The van der Waals surface area contributed by atoms with Crippen molar-refractivity contribution in [2.24, 2.45) is 11.1 Å². The molecule has 3 heteroatoms. The zero-order chi connectivity index (χ0) is 10.9. The van der Waals surface area contributed by atoms with Crippen LogP contribution in [0.5, 0.6) is 0 Å². The van der Waals surface area contributed by atoms with E-state index in [1.54, 1.807) is 0 Å². The van der Waals surface area contributed by atoms with Crippen LogP contribution in [0.25, 0.3) is 0 Å². The zero-order valence-electron chi connectivity index (χ0n) is 10.1. The molecule has 15 heavy (non-hydrogen) atoms. The van der Waals surface area contributed by atoms with Crippen LogP contribution < -0.4 is 5.73 Å². The van der Waals surface area contributed by atoms with Crippen LogP contribution in [-0.4, -0.2) is 43.3 Å². The normalized spacial score (nSPS) is 27.4. The molecule has 0 unspecified atom stereocenters. The summed E-state index contributed by atoms with van der Waals surface area (Å²) in [4.78, 5) is 2.49. The van der Waals surface area contributed by atoms with Crippen LogP contribution in [0.4, 0.5) is 0 Å². The van der Waals surface area contributed by atoms with Gasteiger partial charge in [-0.3, -0.25) is 4.90 Å². The molecular formula is C12H24N2O. The smallest absolute Gasteiger partial charge is 0.0593 e. The van der Waals surface area contributed by atoms with E-state index < -0.39 is 0 Å². The van der Waals surface area contributed by atoms with Crippen molar-refractivity contribution in [1.29, 1.82) is 0 Å². The third-order valence-electron chi connectivity index (χ3n) is 3.56. The Balaban J connectivity index is 1.93.